The summed E-state index contributed by atoms with van der Waals surface area (Å²) in [7, 11) is 0. The van der Waals surface area contributed by atoms with Gasteiger partial charge < -0.3 is 4.42 Å². The summed E-state index contributed by atoms with van der Waals surface area (Å²) in [5.41, 5.74) is 1.93. The second kappa shape index (κ2) is 7.60. The first kappa shape index (κ1) is 20.5. The average molecular weight is 411 g/mol. The van der Waals surface area contributed by atoms with Gasteiger partial charge in [-0.05, 0) is 86.9 Å². The predicted octanol–water partition coefficient (Wildman–Crippen LogP) is 5.97. The molecule has 4 saturated carbocycles. The van der Waals surface area contributed by atoms with Gasteiger partial charge in [0.1, 0.15) is 11.5 Å². The zero-order valence-electron chi connectivity index (χ0n) is 19.1. The number of hydrogen-bond acceptors (Lipinski definition) is 4. The molecule has 6 unspecified atom stereocenters. The van der Waals surface area contributed by atoms with Crippen molar-refractivity contribution < 1.29 is 9.21 Å². The Morgan fingerprint density at radius 3 is 2.80 bits per heavy atom. The number of aliphatic imine (C=N–C) groups is 1. The average Bonchev–Trinajstić information content (AvgIpc) is 3.28. The molecule has 4 heteroatoms. The van der Waals surface area contributed by atoms with Crippen LogP contribution in [0.4, 0.5) is 0 Å². The SMILES string of the molecule is Cc1ncc(CCCN=C2CCC3(C)C(CCC4C5CCC(=O)C5(C)CCC43)C2)o1. The van der Waals surface area contributed by atoms with Gasteiger partial charge in [-0.15, -0.1) is 0 Å². The van der Waals surface area contributed by atoms with Crippen molar-refractivity contribution in [2.75, 3.05) is 6.54 Å². The third kappa shape index (κ3) is 3.29. The first-order valence-electron chi connectivity index (χ1n) is 12.4. The molecule has 6 atom stereocenters. The van der Waals surface area contributed by atoms with E-state index in [1.165, 1.54) is 44.2 Å². The Labute approximate surface area is 181 Å². The highest BCUT2D eigenvalue weighted by Gasteiger charge is 2.59. The topological polar surface area (TPSA) is 55.5 Å². The first-order chi connectivity index (χ1) is 14.4. The third-order valence-electron chi connectivity index (χ3n) is 9.79. The van der Waals surface area contributed by atoms with Crippen LogP contribution in [-0.4, -0.2) is 23.0 Å². The molecule has 0 spiro atoms. The number of ketones is 1. The summed E-state index contributed by atoms with van der Waals surface area (Å²) < 4.78 is 5.57. The van der Waals surface area contributed by atoms with Crippen LogP contribution in [0.5, 0.6) is 0 Å². The fourth-order valence-corrected chi connectivity index (χ4v) is 7.99. The highest BCUT2D eigenvalue weighted by atomic mass is 16.3. The van der Waals surface area contributed by atoms with Gasteiger partial charge in [-0.1, -0.05) is 13.8 Å². The molecule has 164 valence electrons. The zero-order chi connectivity index (χ0) is 20.9. The number of nitrogens with zero attached hydrogens (tertiary/aromatic N) is 2. The summed E-state index contributed by atoms with van der Waals surface area (Å²) in [6, 6.07) is 0. The Balaban J connectivity index is 1.21. The summed E-state index contributed by atoms with van der Waals surface area (Å²) in [5.74, 6) is 5.38. The molecule has 1 aromatic heterocycles. The fourth-order valence-electron chi connectivity index (χ4n) is 7.99. The lowest BCUT2D eigenvalue weighted by Crippen LogP contribution is -2.53. The molecule has 4 aliphatic rings. The van der Waals surface area contributed by atoms with Crippen molar-refractivity contribution in [2.45, 2.75) is 91.4 Å². The molecule has 0 aliphatic heterocycles. The van der Waals surface area contributed by atoms with Gasteiger partial charge in [0.15, 0.2) is 5.89 Å². The molecule has 4 fully saturated rings. The summed E-state index contributed by atoms with van der Waals surface area (Å²) in [6.45, 7) is 7.70. The summed E-state index contributed by atoms with van der Waals surface area (Å²) in [6.07, 6.45) is 14.6. The van der Waals surface area contributed by atoms with E-state index in [1.807, 2.05) is 13.1 Å². The first-order valence-corrected chi connectivity index (χ1v) is 12.4. The van der Waals surface area contributed by atoms with E-state index >= 15 is 0 Å². The number of hydrogen-bond donors (Lipinski definition) is 0. The maximum Gasteiger partial charge on any atom is 0.191 e. The summed E-state index contributed by atoms with van der Waals surface area (Å²) >= 11 is 0. The highest BCUT2D eigenvalue weighted by Crippen LogP contribution is 2.65. The molecule has 5 rings (SSSR count). The maximum atomic E-state index is 12.6. The van der Waals surface area contributed by atoms with Crippen molar-refractivity contribution in [1.82, 2.24) is 4.98 Å². The molecule has 1 heterocycles. The van der Waals surface area contributed by atoms with Crippen LogP contribution < -0.4 is 0 Å². The molecule has 0 N–H and O–H groups in total. The van der Waals surface area contributed by atoms with Gasteiger partial charge >= 0.3 is 0 Å². The summed E-state index contributed by atoms with van der Waals surface area (Å²) in [5, 5.41) is 0. The van der Waals surface area contributed by atoms with Crippen LogP contribution in [0.2, 0.25) is 0 Å². The number of aromatic nitrogens is 1. The Kier molecular flexibility index (Phi) is 5.18. The molecule has 30 heavy (non-hydrogen) atoms. The number of Topliss-reactive ketones (excluding diaryl/α,β-unsaturated/α-hetero) is 1. The van der Waals surface area contributed by atoms with Crippen LogP contribution in [0.3, 0.4) is 0 Å². The van der Waals surface area contributed by atoms with Gasteiger partial charge in [0.2, 0.25) is 0 Å². The number of carbonyl (C=O) groups excluding carboxylic acids is 1. The van der Waals surface area contributed by atoms with Crippen LogP contribution in [0.1, 0.15) is 89.7 Å². The minimum absolute atomic E-state index is 0.00764. The number of oxazole rings is 1. The molecule has 0 saturated heterocycles. The van der Waals surface area contributed by atoms with E-state index in [0.717, 1.165) is 68.1 Å². The van der Waals surface area contributed by atoms with Gasteiger partial charge in [-0.3, -0.25) is 9.79 Å². The Morgan fingerprint density at radius 2 is 2.00 bits per heavy atom. The predicted molar refractivity (Wildman–Crippen MR) is 119 cm³/mol. The second-order valence-corrected chi connectivity index (χ2v) is 11.2. The Morgan fingerprint density at radius 1 is 1.13 bits per heavy atom. The minimum atomic E-state index is 0.00764. The van der Waals surface area contributed by atoms with Crippen molar-refractivity contribution in [3.05, 3.63) is 17.8 Å². The third-order valence-corrected chi connectivity index (χ3v) is 9.79. The lowest BCUT2D eigenvalue weighted by Gasteiger charge is -2.59. The summed E-state index contributed by atoms with van der Waals surface area (Å²) in [4.78, 5) is 21.8. The number of fused-ring (bicyclic) bond motifs is 5. The molecule has 1 aromatic rings. The van der Waals surface area contributed by atoms with E-state index in [4.69, 9.17) is 9.41 Å². The Bertz CT molecular complexity index is 842. The molecule has 4 nitrogen and oxygen atoms in total. The van der Waals surface area contributed by atoms with Gasteiger partial charge in [0.05, 0.1) is 6.20 Å². The molecule has 0 amide bonds. The standard InChI is InChI=1S/C26H38N2O2/c1-17-28-16-20(30-17)5-4-14-27-19-10-12-25(2)18(15-19)6-7-21-22-8-9-24(29)26(22,3)13-11-23(21)25/h16,18,21-23H,4-15H2,1-3H3. The molecule has 0 aromatic carbocycles. The fraction of sp³-hybridized carbons (Fsp3) is 0.808. The van der Waals surface area contributed by atoms with E-state index in [2.05, 4.69) is 18.8 Å². The number of carbonyl (C=O) groups is 1. The molecular formula is C26H38N2O2. The molecule has 0 bridgehead atoms. The zero-order valence-corrected chi connectivity index (χ0v) is 19.1. The van der Waals surface area contributed by atoms with E-state index in [-0.39, 0.29) is 5.41 Å². The van der Waals surface area contributed by atoms with Crippen LogP contribution in [-0.2, 0) is 11.2 Å². The van der Waals surface area contributed by atoms with Crippen LogP contribution in [0, 0.1) is 41.4 Å². The highest BCUT2D eigenvalue weighted by molar-refractivity contribution is 5.87. The Hall–Kier alpha value is -1.45. The van der Waals surface area contributed by atoms with Crippen LogP contribution in [0.25, 0.3) is 0 Å². The quantitative estimate of drug-likeness (QED) is 0.575. The monoisotopic (exact) mass is 410 g/mol. The number of rotatable bonds is 4. The minimum Gasteiger partial charge on any atom is -0.446 e. The molecule has 4 aliphatic carbocycles. The molecule has 0 radical (unpaired) electrons. The largest absolute Gasteiger partial charge is 0.446 e. The van der Waals surface area contributed by atoms with Crippen LogP contribution in [0.15, 0.2) is 15.6 Å². The number of aryl methyl sites for hydroxylation is 2. The van der Waals surface area contributed by atoms with E-state index in [1.54, 1.807) is 0 Å². The van der Waals surface area contributed by atoms with Crippen LogP contribution >= 0.6 is 0 Å². The maximum absolute atomic E-state index is 12.6. The smallest absolute Gasteiger partial charge is 0.191 e. The van der Waals surface area contributed by atoms with Gasteiger partial charge in [0.25, 0.3) is 0 Å². The van der Waals surface area contributed by atoms with Gasteiger partial charge in [0, 0.05) is 37.4 Å². The van der Waals surface area contributed by atoms with E-state index in [9.17, 15) is 4.79 Å². The lowest BCUT2D eigenvalue weighted by atomic mass is 9.45. The second-order valence-electron chi connectivity index (χ2n) is 11.2. The lowest BCUT2D eigenvalue weighted by molar-refractivity contribution is -0.136. The molecular weight excluding hydrogens is 372 g/mol. The van der Waals surface area contributed by atoms with E-state index < -0.39 is 0 Å². The van der Waals surface area contributed by atoms with Crippen molar-refractivity contribution in [3.8, 4) is 0 Å². The van der Waals surface area contributed by atoms with Crippen molar-refractivity contribution in [2.24, 2.45) is 39.5 Å². The van der Waals surface area contributed by atoms with Gasteiger partial charge in [-0.25, -0.2) is 4.98 Å². The van der Waals surface area contributed by atoms with Crippen molar-refractivity contribution >= 4 is 11.5 Å². The van der Waals surface area contributed by atoms with E-state index in [0.29, 0.717) is 17.1 Å². The van der Waals surface area contributed by atoms with Crippen molar-refractivity contribution in [1.29, 1.82) is 0 Å². The normalized spacial score (nSPS) is 42.1. The van der Waals surface area contributed by atoms with Gasteiger partial charge in [-0.2, -0.15) is 0 Å². The van der Waals surface area contributed by atoms with Crippen molar-refractivity contribution in [3.63, 3.8) is 0 Å².